The van der Waals surface area contributed by atoms with Crippen molar-refractivity contribution in [3.63, 3.8) is 0 Å². The number of azo groups is 1. The zero-order valence-electron chi connectivity index (χ0n) is 17.1. The molecular formula is C27H19N3O2. The highest BCUT2D eigenvalue weighted by atomic mass is 16.2. The molecule has 0 atom stereocenters. The van der Waals surface area contributed by atoms with Gasteiger partial charge in [0.15, 0.2) is 0 Å². The van der Waals surface area contributed by atoms with Gasteiger partial charge in [-0.1, -0.05) is 91.0 Å². The van der Waals surface area contributed by atoms with Crippen molar-refractivity contribution >= 4 is 17.5 Å². The van der Waals surface area contributed by atoms with E-state index in [-0.39, 0.29) is 0 Å². The molecule has 0 saturated heterocycles. The summed E-state index contributed by atoms with van der Waals surface area (Å²) in [6, 6.07) is 34.8. The zero-order chi connectivity index (χ0) is 22.0. The second kappa shape index (κ2) is 8.04. The minimum atomic E-state index is -1.47. The number of fused-ring (bicyclic) bond motifs is 1. The van der Waals surface area contributed by atoms with Gasteiger partial charge in [0.25, 0.3) is 11.8 Å². The molecule has 4 aromatic rings. The first-order chi connectivity index (χ1) is 15.7. The van der Waals surface area contributed by atoms with E-state index in [4.69, 9.17) is 5.11 Å². The quantitative estimate of drug-likeness (QED) is 0.297. The van der Waals surface area contributed by atoms with Crippen molar-refractivity contribution in [2.45, 2.75) is 5.66 Å². The molecule has 0 fully saturated rings. The number of benzene rings is 4. The first-order valence-corrected chi connectivity index (χ1v) is 10.3. The summed E-state index contributed by atoms with van der Waals surface area (Å²) in [7, 11) is 0. The smallest absolute Gasteiger partial charge is 0.264 e. The van der Waals surface area contributed by atoms with Gasteiger partial charge in [-0.15, -0.1) is 5.11 Å². The zero-order valence-corrected chi connectivity index (χ0v) is 17.1. The van der Waals surface area contributed by atoms with E-state index in [0.717, 1.165) is 0 Å². The van der Waals surface area contributed by atoms with E-state index in [1.165, 1.54) is 4.90 Å². The molecule has 2 amide bonds. The van der Waals surface area contributed by atoms with Crippen LogP contribution in [-0.2, 0) is 5.66 Å². The Morgan fingerprint density at radius 3 is 1.41 bits per heavy atom. The molecule has 0 saturated carbocycles. The van der Waals surface area contributed by atoms with Crippen LogP contribution in [0, 0.1) is 0 Å². The normalized spacial score (nSPS) is 13.6. The van der Waals surface area contributed by atoms with Crippen LogP contribution in [0.1, 0.15) is 31.8 Å². The van der Waals surface area contributed by atoms with Gasteiger partial charge in [0, 0.05) is 11.1 Å². The van der Waals surface area contributed by atoms with Gasteiger partial charge in [0.2, 0.25) is 5.66 Å². The number of imide groups is 1. The molecule has 0 radical (unpaired) electrons. The third-order valence-corrected chi connectivity index (χ3v) is 5.54. The van der Waals surface area contributed by atoms with Gasteiger partial charge < -0.3 is 0 Å². The van der Waals surface area contributed by atoms with Gasteiger partial charge in [-0.2, -0.15) is 5.11 Å². The predicted molar refractivity (Wildman–Crippen MR) is 122 cm³/mol. The fraction of sp³-hybridized carbons (Fsp3) is 0.0370. The molecule has 4 aromatic carbocycles. The Bertz CT molecular complexity index is 1230. The molecule has 5 rings (SSSR count). The number of nitrogens with zero attached hydrogens (tertiary/aromatic N) is 3. The summed E-state index contributed by atoms with van der Waals surface area (Å²) in [6.45, 7) is 0. The third-order valence-electron chi connectivity index (χ3n) is 5.54. The van der Waals surface area contributed by atoms with Gasteiger partial charge >= 0.3 is 0 Å². The van der Waals surface area contributed by atoms with Crippen LogP contribution >= 0.6 is 0 Å². The maximum Gasteiger partial charge on any atom is 0.264 e. The first kappa shape index (κ1) is 19.6. The van der Waals surface area contributed by atoms with E-state index in [0.29, 0.717) is 27.9 Å². The van der Waals surface area contributed by atoms with Crippen molar-refractivity contribution < 1.29 is 9.59 Å². The van der Waals surface area contributed by atoms with Gasteiger partial charge in [-0.05, 0) is 24.3 Å². The average molecular weight is 417 g/mol. The lowest BCUT2D eigenvalue weighted by Gasteiger charge is -2.36. The lowest BCUT2D eigenvalue weighted by Crippen LogP contribution is -2.49. The van der Waals surface area contributed by atoms with E-state index in [1.807, 2.05) is 91.0 Å². The SMILES string of the molecule is O=C1c2ccccc2C(=O)N1C(N=Nc1ccccc1)(c1ccccc1)c1ccccc1. The summed E-state index contributed by atoms with van der Waals surface area (Å²) < 4.78 is 0. The van der Waals surface area contributed by atoms with E-state index >= 15 is 0 Å². The van der Waals surface area contributed by atoms with Gasteiger partial charge in [0.1, 0.15) is 0 Å². The van der Waals surface area contributed by atoms with E-state index in [9.17, 15) is 9.59 Å². The molecule has 1 aliphatic rings. The van der Waals surface area contributed by atoms with Crippen LogP contribution in [0.25, 0.3) is 0 Å². The van der Waals surface area contributed by atoms with Gasteiger partial charge in [-0.3, -0.25) is 9.59 Å². The molecule has 0 bridgehead atoms. The summed E-state index contributed by atoms with van der Waals surface area (Å²) in [4.78, 5) is 28.5. The Balaban J connectivity index is 1.80. The third kappa shape index (κ3) is 3.11. The molecule has 5 heteroatoms. The van der Waals surface area contributed by atoms with Crippen molar-refractivity contribution in [1.82, 2.24) is 4.90 Å². The minimum Gasteiger partial charge on any atom is -0.268 e. The Labute approximate surface area is 185 Å². The topological polar surface area (TPSA) is 62.1 Å². The Morgan fingerprint density at radius 1 is 0.531 bits per heavy atom. The van der Waals surface area contributed by atoms with Gasteiger partial charge in [0.05, 0.1) is 16.8 Å². The number of carbonyl (C=O) groups excluding carboxylic acids is 2. The van der Waals surface area contributed by atoms with E-state index < -0.39 is 17.5 Å². The molecule has 0 aliphatic carbocycles. The number of hydrogen-bond donors (Lipinski definition) is 0. The van der Waals surface area contributed by atoms with Crippen molar-refractivity contribution in [1.29, 1.82) is 0 Å². The number of rotatable bonds is 5. The van der Waals surface area contributed by atoms with Crippen LogP contribution < -0.4 is 0 Å². The molecule has 0 spiro atoms. The van der Waals surface area contributed by atoms with Gasteiger partial charge in [-0.25, -0.2) is 4.90 Å². The minimum absolute atomic E-state index is 0.364. The fourth-order valence-corrected chi connectivity index (χ4v) is 4.03. The van der Waals surface area contributed by atoms with Crippen LogP contribution in [0.15, 0.2) is 125 Å². The second-order valence-corrected chi connectivity index (χ2v) is 7.43. The molecule has 1 aliphatic heterocycles. The summed E-state index contributed by atoms with van der Waals surface area (Å²) in [6.07, 6.45) is 0. The lowest BCUT2D eigenvalue weighted by atomic mass is 9.90. The van der Waals surface area contributed by atoms with Crippen LogP contribution in [0.3, 0.4) is 0 Å². The Morgan fingerprint density at radius 2 is 0.938 bits per heavy atom. The van der Waals surface area contributed by atoms with E-state index in [1.54, 1.807) is 24.3 Å². The first-order valence-electron chi connectivity index (χ1n) is 10.3. The lowest BCUT2D eigenvalue weighted by molar-refractivity contribution is 0.0481. The van der Waals surface area contributed by atoms with Crippen molar-refractivity contribution in [2.75, 3.05) is 0 Å². The largest absolute Gasteiger partial charge is 0.268 e. The highest BCUT2D eigenvalue weighted by Crippen LogP contribution is 2.43. The number of hydrogen-bond acceptors (Lipinski definition) is 4. The van der Waals surface area contributed by atoms with Crippen LogP contribution in [-0.4, -0.2) is 16.7 Å². The van der Waals surface area contributed by atoms with Crippen molar-refractivity contribution in [3.05, 3.63) is 138 Å². The Kier molecular flexibility index (Phi) is 4.92. The van der Waals surface area contributed by atoms with Crippen molar-refractivity contribution in [3.8, 4) is 0 Å². The maximum absolute atomic E-state index is 13.6. The summed E-state index contributed by atoms with van der Waals surface area (Å²) in [5, 5.41) is 9.23. The monoisotopic (exact) mass is 417 g/mol. The molecule has 32 heavy (non-hydrogen) atoms. The molecule has 0 N–H and O–H groups in total. The standard InChI is InChI=1S/C27H19N3O2/c31-25-23-18-10-11-19-24(23)26(32)30(25)27(20-12-4-1-5-13-20,21-14-6-2-7-15-21)29-28-22-16-8-3-9-17-22/h1-19H. The number of carbonyl (C=O) groups is 2. The summed E-state index contributed by atoms with van der Waals surface area (Å²) in [5.41, 5.74) is 1.22. The van der Waals surface area contributed by atoms with Crippen LogP contribution in [0.4, 0.5) is 5.69 Å². The average Bonchev–Trinajstić information content (AvgIpc) is 3.12. The molecule has 5 nitrogen and oxygen atoms in total. The molecule has 0 aromatic heterocycles. The summed E-state index contributed by atoms with van der Waals surface area (Å²) in [5.74, 6) is -0.796. The molecular weight excluding hydrogens is 398 g/mol. The Hall–Kier alpha value is -4.38. The molecule has 1 heterocycles. The van der Waals surface area contributed by atoms with Crippen molar-refractivity contribution in [2.24, 2.45) is 10.2 Å². The second-order valence-electron chi connectivity index (χ2n) is 7.43. The van der Waals surface area contributed by atoms with Crippen LogP contribution in [0.2, 0.25) is 0 Å². The molecule has 154 valence electrons. The highest BCUT2D eigenvalue weighted by molar-refractivity contribution is 6.22. The van der Waals surface area contributed by atoms with E-state index in [2.05, 4.69) is 5.11 Å². The predicted octanol–water partition coefficient (Wildman–Crippen LogP) is 5.97. The maximum atomic E-state index is 13.6. The van der Waals surface area contributed by atoms with Crippen LogP contribution in [0.5, 0.6) is 0 Å². The summed E-state index contributed by atoms with van der Waals surface area (Å²) >= 11 is 0. The fourth-order valence-electron chi connectivity index (χ4n) is 4.03. The number of amides is 2. The highest BCUT2D eigenvalue weighted by Gasteiger charge is 2.52. The molecule has 0 unspecified atom stereocenters.